The number of likely N-dealkylation sites (tertiary alicyclic amines) is 1. The Morgan fingerprint density at radius 3 is 2.88 bits per heavy atom. The quantitative estimate of drug-likeness (QED) is 0.426. The van der Waals surface area contributed by atoms with Crippen molar-refractivity contribution in [1.82, 2.24) is 24.6 Å². The van der Waals surface area contributed by atoms with Crippen molar-refractivity contribution in [2.45, 2.75) is 44.8 Å². The second kappa shape index (κ2) is 9.77. The van der Waals surface area contributed by atoms with E-state index in [1.54, 1.807) is 24.9 Å². The van der Waals surface area contributed by atoms with E-state index in [1.165, 1.54) is 12.3 Å². The van der Waals surface area contributed by atoms with Crippen molar-refractivity contribution in [2.24, 2.45) is 5.73 Å². The first-order chi connectivity index (χ1) is 15.2. The van der Waals surface area contributed by atoms with Crippen LogP contribution in [0.5, 0.6) is 0 Å². The number of nitrogens with zero attached hydrogens (tertiary/aromatic N) is 5. The van der Waals surface area contributed by atoms with Gasteiger partial charge in [-0.2, -0.15) is 10.1 Å². The van der Waals surface area contributed by atoms with Crippen LogP contribution in [0.2, 0.25) is 0 Å². The molecule has 3 heterocycles. The molecule has 11 heteroatoms. The minimum atomic E-state index is -0.854. The Kier molecular flexibility index (Phi) is 7.08. The van der Waals surface area contributed by atoms with E-state index in [0.717, 1.165) is 19.4 Å². The number of amides is 2. The molecule has 0 bridgehead atoms. The third-order valence-electron chi connectivity index (χ3n) is 5.20. The average molecular weight is 443 g/mol. The summed E-state index contributed by atoms with van der Waals surface area (Å²) in [5, 5.41) is 20.4. The number of hydrogen-bond acceptors (Lipinski definition) is 8. The van der Waals surface area contributed by atoms with Gasteiger partial charge in [0.1, 0.15) is 5.82 Å². The van der Waals surface area contributed by atoms with Crippen LogP contribution in [0.3, 0.4) is 0 Å². The molecule has 1 fully saturated rings. The molecule has 0 spiro atoms. The number of aliphatic hydroxyl groups is 1. The van der Waals surface area contributed by atoms with Crippen LogP contribution in [0.4, 0.5) is 17.5 Å². The molecular weight excluding hydrogens is 412 g/mol. The fourth-order valence-corrected chi connectivity index (χ4v) is 3.48. The number of nitrogens with two attached hydrogens (primary N) is 1. The minimum absolute atomic E-state index is 0.0698. The fraction of sp³-hybridized carbons (Fsp3) is 0.476. The van der Waals surface area contributed by atoms with Gasteiger partial charge < -0.3 is 26.4 Å². The van der Waals surface area contributed by atoms with Crippen LogP contribution in [0.1, 0.15) is 49.5 Å². The highest BCUT2D eigenvalue weighted by molar-refractivity contribution is 5.97. The van der Waals surface area contributed by atoms with Crippen LogP contribution in [0, 0.1) is 0 Å². The summed E-state index contributed by atoms with van der Waals surface area (Å²) in [7, 11) is 0. The van der Waals surface area contributed by atoms with Crippen molar-refractivity contribution in [2.75, 3.05) is 30.3 Å². The predicted molar refractivity (Wildman–Crippen MR) is 121 cm³/mol. The molecule has 1 saturated heterocycles. The zero-order valence-corrected chi connectivity index (χ0v) is 18.4. The lowest BCUT2D eigenvalue weighted by atomic mass is 10.1. The summed E-state index contributed by atoms with van der Waals surface area (Å²) in [5.41, 5.74) is 5.41. The third kappa shape index (κ3) is 6.03. The minimum Gasteiger partial charge on any atom is -0.390 e. The summed E-state index contributed by atoms with van der Waals surface area (Å²) in [6.07, 6.45) is 8.44. The van der Waals surface area contributed by atoms with E-state index in [2.05, 4.69) is 32.3 Å². The average Bonchev–Trinajstić information content (AvgIpc) is 3.21. The van der Waals surface area contributed by atoms with E-state index in [9.17, 15) is 14.7 Å². The zero-order valence-electron chi connectivity index (χ0n) is 18.4. The number of carbonyl (C=O) groups is 2. The normalized spacial score (nSPS) is 16.5. The first-order valence-electron chi connectivity index (χ1n) is 10.5. The summed E-state index contributed by atoms with van der Waals surface area (Å²) in [6.45, 7) is 8.65. The number of carbonyl (C=O) groups excluding carboxylic acids is 2. The number of aromatic nitrogens is 4. The van der Waals surface area contributed by atoms with Gasteiger partial charge in [0.15, 0.2) is 0 Å². The molecule has 172 valence electrons. The number of rotatable bonds is 9. The molecule has 0 aromatic carbocycles. The largest absolute Gasteiger partial charge is 0.390 e. The lowest BCUT2D eigenvalue weighted by Gasteiger charge is -2.32. The Balaban J connectivity index is 1.70. The molecule has 2 aromatic rings. The summed E-state index contributed by atoms with van der Waals surface area (Å²) < 4.78 is 1.82. The van der Waals surface area contributed by atoms with Crippen molar-refractivity contribution in [3.63, 3.8) is 0 Å². The van der Waals surface area contributed by atoms with Gasteiger partial charge >= 0.3 is 0 Å². The molecule has 1 aliphatic heterocycles. The van der Waals surface area contributed by atoms with Gasteiger partial charge in [0.05, 0.1) is 29.1 Å². The van der Waals surface area contributed by atoms with Gasteiger partial charge in [-0.3, -0.25) is 14.3 Å². The molecule has 0 saturated carbocycles. The first-order valence-corrected chi connectivity index (χ1v) is 10.5. The van der Waals surface area contributed by atoms with Gasteiger partial charge in [0.2, 0.25) is 11.9 Å². The first kappa shape index (κ1) is 23.2. The summed E-state index contributed by atoms with van der Waals surface area (Å²) in [6, 6.07) is 0.0698. The lowest BCUT2D eigenvalue weighted by molar-refractivity contribution is -0.127. The highest BCUT2D eigenvalue weighted by Crippen LogP contribution is 2.24. The third-order valence-corrected chi connectivity index (χ3v) is 5.20. The summed E-state index contributed by atoms with van der Waals surface area (Å²) >= 11 is 0. The molecule has 2 amide bonds. The highest BCUT2D eigenvalue weighted by atomic mass is 16.3. The molecule has 11 nitrogen and oxygen atoms in total. The molecule has 0 radical (unpaired) electrons. The maximum atomic E-state index is 11.9. The number of hydrogen-bond donors (Lipinski definition) is 4. The Morgan fingerprint density at radius 2 is 2.19 bits per heavy atom. The molecular formula is C21H30N8O3. The van der Waals surface area contributed by atoms with Gasteiger partial charge in [-0.05, 0) is 39.2 Å². The van der Waals surface area contributed by atoms with Gasteiger partial charge in [0.25, 0.3) is 5.91 Å². The lowest BCUT2D eigenvalue weighted by Crippen LogP contribution is -2.39. The maximum Gasteiger partial charge on any atom is 0.254 e. The van der Waals surface area contributed by atoms with Crippen LogP contribution in [-0.2, 0) is 4.79 Å². The fourth-order valence-electron chi connectivity index (χ4n) is 3.48. The summed E-state index contributed by atoms with van der Waals surface area (Å²) in [4.78, 5) is 33.9. The molecule has 0 aliphatic carbocycles. The molecule has 0 unspecified atom stereocenters. The van der Waals surface area contributed by atoms with E-state index in [4.69, 9.17) is 5.73 Å². The summed E-state index contributed by atoms with van der Waals surface area (Å²) in [5.74, 6) is -0.163. The predicted octanol–water partition coefficient (Wildman–Crippen LogP) is 1.44. The SMILES string of the molecule is C=CC(=O)N1CCC[C@H](n2cc(Nc3ncc(C(N)=O)c(NCCC(C)(C)O)n3)cn2)C1. The van der Waals surface area contributed by atoms with Crippen LogP contribution in [-0.4, -0.2) is 66.8 Å². The second-order valence-corrected chi connectivity index (χ2v) is 8.43. The van der Waals surface area contributed by atoms with Crippen molar-refractivity contribution in [1.29, 1.82) is 0 Å². The van der Waals surface area contributed by atoms with Gasteiger partial charge in [-0.25, -0.2) is 4.98 Å². The second-order valence-electron chi connectivity index (χ2n) is 8.43. The highest BCUT2D eigenvalue weighted by Gasteiger charge is 2.24. The van der Waals surface area contributed by atoms with Crippen LogP contribution in [0.15, 0.2) is 31.2 Å². The van der Waals surface area contributed by atoms with Crippen molar-refractivity contribution < 1.29 is 14.7 Å². The Labute approximate surface area is 186 Å². The molecule has 5 N–H and O–H groups in total. The van der Waals surface area contributed by atoms with Crippen molar-refractivity contribution in [3.8, 4) is 0 Å². The molecule has 1 aliphatic rings. The monoisotopic (exact) mass is 442 g/mol. The van der Waals surface area contributed by atoms with E-state index in [-0.39, 0.29) is 29.3 Å². The molecule has 1 atom stereocenters. The van der Waals surface area contributed by atoms with Gasteiger partial charge in [-0.1, -0.05) is 6.58 Å². The Bertz CT molecular complexity index is 982. The zero-order chi connectivity index (χ0) is 23.3. The van der Waals surface area contributed by atoms with E-state index in [0.29, 0.717) is 25.2 Å². The van der Waals surface area contributed by atoms with Crippen LogP contribution >= 0.6 is 0 Å². The van der Waals surface area contributed by atoms with Gasteiger partial charge in [-0.15, -0.1) is 0 Å². The van der Waals surface area contributed by atoms with Crippen molar-refractivity contribution in [3.05, 3.63) is 36.8 Å². The number of nitrogens with one attached hydrogen (secondary N) is 2. The number of piperidine rings is 1. The van der Waals surface area contributed by atoms with Crippen LogP contribution in [0.25, 0.3) is 0 Å². The van der Waals surface area contributed by atoms with E-state index in [1.807, 2.05) is 10.9 Å². The standard InChI is InChI=1S/C21H30N8O3/c1-4-17(30)28-9-5-6-15(13-28)29-12-14(10-25-29)26-20-24-11-16(18(22)31)19(27-20)23-8-7-21(2,3)32/h4,10-12,15,32H,1,5-9,13H2,2-3H3,(H2,22,31)(H2,23,24,26,27)/t15-/m0/s1. The van der Waals surface area contributed by atoms with Crippen LogP contribution < -0.4 is 16.4 Å². The van der Waals surface area contributed by atoms with E-state index >= 15 is 0 Å². The smallest absolute Gasteiger partial charge is 0.254 e. The topological polar surface area (TPSA) is 151 Å². The maximum absolute atomic E-state index is 11.9. The van der Waals surface area contributed by atoms with Crippen molar-refractivity contribution >= 4 is 29.3 Å². The Hall–Kier alpha value is -3.47. The molecule has 32 heavy (non-hydrogen) atoms. The molecule has 3 rings (SSSR count). The number of anilines is 3. The van der Waals surface area contributed by atoms with Gasteiger partial charge in [0, 0.05) is 32.0 Å². The Morgan fingerprint density at radius 1 is 1.41 bits per heavy atom. The number of primary amides is 1. The molecule has 2 aromatic heterocycles. The van der Waals surface area contributed by atoms with E-state index < -0.39 is 11.5 Å².